The summed E-state index contributed by atoms with van der Waals surface area (Å²) in [6.45, 7) is 5.98. The van der Waals surface area contributed by atoms with Gasteiger partial charge in [-0.1, -0.05) is 38.1 Å². The zero-order valence-corrected chi connectivity index (χ0v) is 28.1. The number of aryl methyl sites for hydroxylation is 2. The van der Waals surface area contributed by atoms with E-state index in [1.54, 1.807) is 21.3 Å². The van der Waals surface area contributed by atoms with Crippen LogP contribution in [0, 0.1) is 5.92 Å². The largest absolute Gasteiger partial charge is 0.489 e. The highest BCUT2D eigenvalue weighted by atomic mass is 16.5. The van der Waals surface area contributed by atoms with Crippen LogP contribution in [0.15, 0.2) is 132 Å². The molecule has 0 saturated carbocycles. The maximum absolute atomic E-state index is 10.7. The summed E-state index contributed by atoms with van der Waals surface area (Å²) in [4.78, 5) is 8.74. The first-order chi connectivity index (χ1) is 23.1. The Morgan fingerprint density at radius 2 is 1.19 bits per heavy atom. The van der Waals surface area contributed by atoms with Crippen LogP contribution in [0.3, 0.4) is 0 Å². The van der Waals surface area contributed by atoms with Crippen LogP contribution in [0.1, 0.15) is 26.6 Å². The number of hydrogen-bond acceptors (Lipinski definition) is 4. The van der Waals surface area contributed by atoms with Crippen LogP contribution in [0.2, 0.25) is 0 Å². The number of ether oxygens (including phenoxy) is 2. The second kappa shape index (κ2) is 15.1. The molecular weight excluding hydrogens is 602 g/mol. The van der Waals surface area contributed by atoms with Crippen molar-refractivity contribution in [3.05, 3.63) is 128 Å². The number of aliphatic hydroxyl groups is 2. The van der Waals surface area contributed by atoms with Crippen LogP contribution in [-0.4, -0.2) is 43.9 Å². The molecule has 0 aliphatic carbocycles. The van der Waals surface area contributed by atoms with E-state index < -0.39 is 0 Å². The van der Waals surface area contributed by atoms with Crippen molar-refractivity contribution in [1.29, 1.82) is 0 Å². The molecule has 0 spiro atoms. The summed E-state index contributed by atoms with van der Waals surface area (Å²) in [5, 5.41) is 21.2. The predicted octanol–water partition coefficient (Wildman–Crippen LogP) is 8.60. The maximum atomic E-state index is 10.7. The minimum Gasteiger partial charge on any atom is -0.489 e. The van der Waals surface area contributed by atoms with Crippen molar-refractivity contribution in [2.45, 2.75) is 20.8 Å². The quantitative estimate of drug-likeness (QED) is 0.0856. The molecule has 9 heteroatoms. The summed E-state index contributed by atoms with van der Waals surface area (Å²) in [5.74, 6) is 3.39. The predicted molar refractivity (Wildman–Crippen MR) is 191 cm³/mol. The van der Waals surface area contributed by atoms with Gasteiger partial charge < -0.3 is 19.7 Å². The number of benzene rings is 4. The van der Waals surface area contributed by atoms with E-state index in [0.717, 1.165) is 16.8 Å². The molecule has 0 unspecified atom stereocenters. The van der Waals surface area contributed by atoms with Crippen molar-refractivity contribution in [2.75, 3.05) is 7.05 Å². The van der Waals surface area contributed by atoms with E-state index >= 15 is 0 Å². The lowest BCUT2D eigenvalue weighted by Gasteiger charge is -2.09. The molecule has 0 aliphatic rings. The van der Waals surface area contributed by atoms with E-state index in [0.29, 0.717) is 40.2 Å². The highest BCUT2D eigenvalue weighted by molar-refractivity contribution is 6.37. The Hall–Kier alpha value is -5.96. The van der Waals surface area contributed by atoms with Crippen LogP contribution in [-0.2, 0) is 14.1 Å². The van der Waals surface area contributed by atoms with Crippen molar-refractivity contribution in [3.8, 4) is 34.1 Å². The van der Waals surface area contributed by atoms with Gasteiger partial charge in [0.25, 0.3) is 5.90 Å². The summed E-state index contributed by atoms with van der Waals surface area (Å²) >= 11 is 0. The molecule has 0 atom stereocenters. The monoisotopic (exact) mass is 643 g/mol. The van der Waals surface area contributed by atoms with Gasteiger partial charge in [-0.15, -0.1) is 0 Å². The Labute approximate surface area is 281 Å². The van der Waals surface area contributed by atoms with Crippen LogP contribution in [0.25, 0.3) is 11.1 Å². The minimum absolute atomic E-state index is 0.00949. The second-order valence-electron chi connectivity index (χ2n) is 11.6. The van der Waals surface area contributed by atoms with Gasteiger partial charge in [-0.2, -0.15) is 0 Å². The van der Waals surface area contributed by atoms with Crippen molar-refractivity contribution < 1.29 is 28.8 Å². The highest BCUT2D eigenvalue weighted by Crippen LogP contribution is 2.30. The molecule has 0 amide bonds. The number of imidazole rings is 1. The molecule has 2 N–H and O–H groups in total. The van der Waals surface area contributed by atoms with E-state index in [1.807, 2.05) is 156 Å². The first kappa shape index (κ1) is 33.4. The highest BCUT2D eigenvalue weighted by Gasteiger charge is 2.21. The van der Waals surface area contributed by atoms with Gasteiger partial charge in [0.2, 0.25) is 5.71 Å². The number of allylic oxidation sites excluding steroid dienone is 1. The molecule has 4 aromatic carbocycles. The number of aromatic nitrogens is 2. The molecule has 0 radical (unpaired) electrons. The van der Waals surface area contributed by atoms with Gasteiger partial charge in [-0.3, -0.25) is 0 Å². The van der Waals surface area contributed by atoms with E-state index in [2.05, 4.69) is 9.98 Å². The van der Waals surface area contributed by atoms with Gasteiger partial charge in [-0.05, 0) is 96.9 Å². The van der Waals surface area contributed by atoms with Crippen LogP contribution in [0.4, 0.5) is 11.4 Å². The normalized spacial score (nSPS) is 12.8. The molecule has 1 heterocycles. The van der Waals surface area contributed by atoms with E-state index in [-0.39, 0.29) is 17.7 Å². The molecule has 244 valence electrons. The topological polar surface area (TPSA) is 95.5 Å². The Balaban J connectivity index is 1.18. The van der Waals surface area contributed by atoms with Crippen LogP contribution < -0.4 is 14.0 Å². The number of nitrogens with zero attached hydrogens (tertiary/aromatic N) is 5. The number of aliphatic hydroxyl groups excluding tert-OH is 2. The lowest BCUT2D eigenvalue weighted by atomic mass is 10.1. The summed E-state index contributed by atoms with van der Waals surface area (Å²) in [5.41, 5.74) is 4.08. The fourth-order valence-corrected chi connectivity index (χ4v) is 5.26. The fourth-order valence-electron chi connectivity index (χ4n) is 5.26. The summed E-state index contributed by atoms with van der Waals surface area (Å²) in [6.07, 6.45) is 7.52. The van der Waals surface area contributed by atoms with E-state index in [9.17, 15) is 10.2 Å². The van der Waals surface area contributed by atoms with Gasteiger partial charge in [0.15, 0.2) is 6.20 Å². The first-order valence-corrected chi connectivity index (χ1v) is 15.7. The van der Waals surface area contributed by atoms with Crippen LogP contribution in [0.5, 0.6) is 23.0 Å². The molecule has 0 aliphatic heterocycles. The molecule has 0 bridgehead atoms. The summed E-state index contributed by atoms with van der Waals surface area (Å²) < 4.78 is 17.6. The first-order valence-electron chi connectivity index (χ1n) is 15.7. The van der Waals surface area contributed by atoms with Crippen LogP contribution >= 0.6 is 0 Å². The molecule has 9 nitrogen and oxygen atoms in total. The third-order valence-corrected chi connectivity index (χ3v) is 7.57. The molecule has 5 rings (SSSR count). The van der Waals surface area contributed by atoms with E-state index in [1.165, 1.54) is 0 Å². The lowest BCUT2D eigenvalue weighted by molar-refractivity contribution is -0.672. The fraction of sp³-hybridized carbons (Fsp3) is 0.179. The summed E-state index contributed by atoms with van der Waals surface area (Å²) in [6, 6.07) is 30.3. The smallest absolute Gasteiger partial charge is 0.344 e. The Bertz CT molecular complexity index is 1950. The molecule has 0 saturated heterocycles. The Morgan fingerprint density at radius 3 is 1.58 bits per heavy atom. The van der Waals surface area contributed by atoms with Gasteiger partial charge in [-0.25, -0.2) is 23.7 Å². The van der Waals surface area contributed by atoms with E-state index in [4.69, 9.17) is 9.47 Å². The molecular formula is C39H41N5O4+2. The maximum Gasteiger partial charge on any atom is 0.344 e. The number of hydrogen-bond donors (Lipinski definition) is 2. The average Bonchev–Trinajstić information content (AvgIpc) is 3.41. The van der Waals surface area contributed by atoms with Crippen molar-refractivity contribution in [1.82, 2.24) is 4.57 Å². The second-order valence-corrected chi connectivity index (χ2v) is 11.6. The Kier molecular flexibility index (Phi) is 10.5. The number of aliphatic imine (C=N–C) groups is 2. The van der Waals surface area contributed by atoms with Gasteiger partial charge in [0.1, 0.15) is 42.4 Å². The zero-order valence-electron chi connectivity index (χ0n) is 28.1. The summed E-state index contributed by atoms with van der Waals surface area (Å²) in [7, 11) is 5.61. The Morgan fingerprint density at radius 1 is 0.750 bits per heavy atom. The molecule has 0 fully saturated rings. The van der Waals surface area contributed by atoms with Crippen molar-refractivity contribution in [2.24, 2.45) is 30.0 Å². The number of rotatable bonds is 11. The third-order valence-electron chi connectivity index (χ3n) is 7.57. The molecule has 5 aromatic rings. The lowest BCUT2D eigenvalue weighted by Crippen LogP contribution is -2.35. The molecule has 48 heavy (non-hydrogen) atoms. The SMILES string of the molecule is C/C=C\[N+](C)=C(C(O)=Nc1ccc(Oc2ccc(-c3ccc(Oc4ccc(N=C(O)c5n(C)cc[n+]5C)cc4)cc3)cc2)cc1)C(C)C. The average molecular weight is 644 g/mol. The third kappa shape index (κ3) is 8.24. The molecule has 1 aromatic heterocycles. The zero-order chi connectivity index (χ0) is 34.2. The van der Waals surface area contributed by atoms with Crippen molar-refractivity contribution >= 4 is 28.9 Å². The minimum atomic E-state index is -0.0608. The standard InChI is InChI=1S/C39H39N5O4/c1-7-24-42(4)36(27(2)3)37(45)40-30-12-20-34(21-13-30)47-32-16-8-28(9-17-32)29-10-18-33(19-11-29)48-35-22-14-31(15-23-35)41-38(46)39-43(5)25-26-44(39)6/h7-27H,1-6H3/p+2/b24-7-,42-36?. The van der Waals surface area contributed by atoms with Gasteiger partial charge in [0, 0.05) is 5.92 Å². The van der Waals surface area contributed by atoms with Crippen molar-refractivity contribution in [3.63, 3.8) is 0 Å². The van der Waals surface area contributed by atoms with Gasteiger partial charge in [0.05, 0.1) is 25.5 Å². The van der Waals surface area contributed by atoms with Gasteiger partial charge >= 0.3 is 11.7 Å².